The Morgan fingerprint density at radius 3 is 2.50 bits per heavy atom. The molecule has 0 aliphatic heterocycles. The second-order valence-corrected chi connectivity index (χ2v) is 8.71. The van der Waals surface area contributed by atoms with Gasteiger partial charge in [0.05, 0.1) is 0 Å². The van der Waals surface area contributed by atoms with Crippen LogP contribution < -0.4 is 28.8 Å². The number of allylic oxidation sites excluding steroid dienone is 1. The van der Waals surface area contributed by atoms with Gasteiger partial charge in [-0.2, -0.15) is 0 Å². The quantitative estimate of drug-likeness (QED) is 0.489. The standard InChI is InChI=1S/C9H7.C8H6N.CH2.2ClH.Ti/c1-2-5-9-7-3-6-8(9)4-1;1-2-4-8-7(3-1)5-6-9-8;;;;/h1-7H;1-5,9H;1H2;2*1H;/q;;;;;+2/p-2. The molecule has 1 nitrogen and oxygen atoms in total. The Bertz CT molecular complexity index is 818. The Kier molecular flexibility index (Phi) is 5.47. The van der Waals surface area contributed by atoms with Crippen LogP contribution in [0.3, 0.4) is 0 Å². The number of fused-ring (bicyclic) bond motifs is 2. The van der Waals surface area contributed by atoms with Gasteiger partial charge in [0.2, 0.25) is 0 Å². The molecule has 1 atom stereocenters. The molecule has 4 heteroatoms. The molecule has 0 amide bonds. The van der Waals surface area contributed by atoms with Crippen LogP contribution in [-0.2, 0) is 17.4 Å². The molecule has 22 heavy (non-hydrogen) atoms. The van der Waals surface area contributed by atoms with E-state index in [9.17, 15) is 0 Å². The zero-order chi connectivity index (χ0) is 13.5. The number of aromatic nitrogens is 1. The minimum atomic E-state index is -1.62. The number of rotatable bonds is 2. The molecule has 1 heterocycles. The minimum Gasteiger partial charge on any atom is -1.00 e. The van der Waals surface area contributed by atoms with E-state index in [0.717, 1.165) is 0 Å². The number of hydrogen-bond acceptors (Lipinski definition) is 0. The number of aromatic amines is 1. The molecule has 0 radical (unpaired) electrons. The van der Waals surface area contributed by atoms with Crippen molar-refractivity contribution in [3.8, 4) is 0 Å². The molecule has 1 N–H and O–H groups in total. The third-order valence-electron chi connectivity index (χ3n) is 4.05. The summed E-state index contributed by atoms with van der Waals surface area (Å²) in [6, 6.07) is 19.5. The first-order valence-corrected chi connectivity index (χ1v) is 9.65. The number of para-hydroxylation sites is 1. The molecular weight excluding hydrogens is 349 g/mol. The van der Waals surface area contributed by atoms with Gasteiger partial charge in [0, 0.05) is 0 Å². The molecule has 1 aliphatic rings. The summed E-state index contributed by atoms with van der Waals surface area (Å²) in [5.74, 6) is 0. The molecular formula is C18H15Cl2NTi. The summed E-state index contributed by atoms with van der Waals surface area (Å²) in [6.07, 6.45) is 4.60. The summed E-state index contributed by atoms with van der Waals surface area (Å²) in [5.41, 5.74) is 4.05. The maximum atomic E-state index is 4.57. The molecule has 0 fully saturated rings. The third kappa shape index (κ3) is 2.87. The number of benzene rings is 2. The van der Waals surface area contributed by atoms with E-state index in [4.69, 9.17) is 0 Å². The van der Waals surface area contributed by atoms with Crippen LogP contribution in [0.15, 0.2) is 60.7 Å². The van der Waals surface area contributed by atoms with Crippen LogP contribution in [0.1, 0.15) is 15.3 Å². The average molecular weight is 364 g/mol. The molecule has 1 aromatic heterocycles. The minimum absolute atomic E-state index is 0. The normalized spacial score (nSPS) is 14.6. The molecule has 1 unspecified atom stereocenters. The molecule has 0 bridgehead atoms. The molecule has 0 saturated heterocycles. The molecule has 4 rings (SSSR count). The first-order valence-electron chi connectivity index (χ1n) is 6.87. The van der Waals surface area contributed by atoms with Crippen molar-refractivity contribution in [2.24, 2.45) is 0 Å². The van der Waals surface area contributed by atoms with Crippen molar-refractivity contribution >= 4 is 25.8 Å². The second-order valence-electron chi connectivity index (χ2n) is 5.26. The van der Waals surface area contributed by atoms with Crippen molar-refractivity contribution in [3.63, 3.8) is 0 Å². The Hall–Kier alpha value is -1.12. The summed E-state index contributed by atoms with van der Waals surface area (Å²) >= 11 is -1.62. The molecule has 0 spiro atoms. The van der Waals surface area contributed by atoms with Crippen LogP contribution >= 0.6 is 0 Å². The fourth-order valence-corrected chi connectivity index (χ4v) is 5.99. The second kappa shape index (κ2) is 6.98. The van der Waals surface area contributed by atoms with E-state index in [2.05, 4.69) is 76.6 Å². The van der Waals surface area contributed by atoms with Gasteiger partial charge in [0.1, 0.15) is 0 Å². The maximum absolute atomic E-state index is 4.57. The van der Waals surface area contributed by atoms with E-state index in [1.54, 1.807) is 0 Å². The van der Waals surface area contributed by atoms with Crippen molar-refractivity contribution in [1.82, 2.24) is 4.98 Å². The zero-order valence-electron chi connectivity index (χ0n) is 11.9. The Balaban J connectivity index is 0.000000882. The number of halogens is 2. The first-order chi connectivity index (χ1) is 9.83. The van der Waals surface area contributed by atoms with Crippen molar-refractivity contribution < 1.29 is 42.2 Å². The Morgan fingerprint density at radius 2 is 1.68 bits per heavy atom. The van der Waals surface area contributed by atoms with Gasteiger partial charge in [-0.15, -0.1) is 0 Å². The summed E-state index contributed by atoms with van der Waals surface area (Å²) in [5, 5.41) is 1.30. The SMILES string of the molecule is [CH2]=[Ti+2]([c]1cc2ccccc2[nH]1)[CH]1C=Cc2ccccc21.[Cl-].[Cl-]. The van der Waals surface area contributed by atoms with Gasteiger partial charge < -0.3 is 24.8 Å². The van der Waals surface area contributed by atoms with Crippen LogP contribution in [0.25, 0.3) is 17.0 Å². The van der Waals surface area contributed by atoms with Gasteiger partial charge >= 0.3 is 124 Å². The van der Waals surface area contributed by atoms with Gasteiger partial charge in [-0.1, -0.05) is 0 Å². The first kappa shape index (κ1) is 17.2. The van der Waals surface area contributed by atoms with Crippen molar-refractivity contribution in [1.29, 1.82) is 0 Å². The zero-order valence-corrected chi connectivity index (χ0v) is 15.0. The monoisotopic (exact) mass is 363 g/mol. The van der Waals surface area contributed by atoms with Crippen LogP contribution in [0.4, 0.5) is 0 Å². The van der Waals surface area contributed by atoms with E-state index >= 15 is 0 Å². The number of hydrogen-bond donors (Lipinski definition) is 1. The fourth-order valence-electron chi connectivity index (χ4n) is 2.97. The molecule has 2 aromatic carbocycles. The van der Waals surface area contributed by atoms with Gasteiger partial charge in [0.25, 0.3) is 0 Å². The maximum Gasteiger partial charge on any atom is -1.00 e. The van der Waals surface area contributed by atoms with Crippen molar-refractivity contribution in [3.05, 3.63) is 71.8 Å². The smallest absolute Gasteiger partial charge is 1.00 e. The largest absolute Gasteiger partial charge is 1.00 e. The third-order valence-corrected chi connectivity index (χ3v) is 7.51. The Labute approximate surface area is 148 Å². The van der Waals surface area contributed by atoms with Crippen LogP contribution in [0.5, 0.6) is 0 Å². The molecule has 1 aliphatic carbocycles. The van der Waals surface area contributed by atoms with Crippen LogP contribution in [-0.4, -0.2) is 9.80 Å². The summed E-state index contributed by atoms with van der Waals surface area (Å²) in [7, 11) is 0. The molecule has 3 aromatic rings. The van der Waals surface area contributed by atoms with E-state index in [-0.39, 0.29) is 24.8 Å². The van der Waals surface area contributed by atoms with Crippen LogP contribution in [0, 0.1) is 0 Å². The van der Waals surface area contributed by atoms with Gasteiger partial charge in [-0.25, -0.2) is 0 Å². The van der Waals surface area contributed by atoms with E-state index in [1.165, 1.54) is 26.0 Å². The Morgan fingerprint density at radius 1 is 0.955 bits per heavy atom. The summed E-state index contributed by atoms with van der Waals surface area (Å²) in [6.45, 7) is 0. The molecule has 110 valence electrons. The fraction of sp³-hybridized carbons (Fsp3) is 0.0556. The van der Waals surface area contributed by atoms with Crippen molar-refractivity contribution in [2.75, 3.05) is 0 Å². The number of nitrogens with one attached hydrogen (secondary N) is 1. The van der Waals surface area contributed by atoms with Crippen LogP contribution in [0.2, 0.25) is 0 Å². The topological polar surface area (TPSA) is 15.8 Å². The van der Waals surface area contributed by atoms with E-state index < -0.39 is 17.4 Å². The number of H-pyrrole nitrogens is 1. The van der Waals surface area contributed by atoms with Gasteiger partial charge in [-0.05, 0) is 0 Å². The predicted octanol–water partition coefficient (Wildman–Crippen LogP) is -2.38. The predicted molar refractivity (Wildman–Crippen MR) is 83.3 cm³/mol. The van der Waals surface area contributed by atoms with Gasteiger partial charge in [-0.3, -0.25) is 0 Å². The van der Waals surface area contributed by atoms with Crippen molar-refractivity contribution in [2.45, 2.75) is 4.22 Å². The van der Waals surface area contributed by atoms with Gasteiger partial charge in [0.15, 0.2) is 0 Å². The van der Waals surface area contributed by atoms with E-state index in [1.807, 2.05) is 0 Å². The molecule has 0 saturated carbocycles. The summed E-state index contributed by atoms with van der Waals surface area (Å²) < 4.78 is 1.90. The average Bonchev–Trinajstić information content (AvgIpc) is 3.10. The summed E-state index contributed by atoms with van der Waals surface area (Å²) in [4.78, 5) is 8.15. The van der Waals surface area contributed by atoms with E-state index in [0.29, 0.717) is 4.22 Å².